The van der Waals surface area contributed by atoms with E-state index in [0.29, 0.717) is 47.9 Å². The Kier molecular flexibility index (Phi) is 7.23. The molecule has 178 valence electrons. The van der Waals surface area contributed by atoms with Crippen molar-refractivity contribution in [1.29, 1.82) is 0 Å². The average molecular weight is 486 g/mol. The van der Waals surface area contributed by atoms with Crippen molar-refractivity contribution in [3.8, 4) is 0 Å². The van der Waals surface area contributed by atoms with Crippen molar-refractivity contribution in [3.05, 3.63) is 81.9 Å². The normalized spacial score (nSPS) is 14.7. The quantitative estimate of drug-likeness (QED) is 0.527. The molecule has 3 heterocycles. The number of carbonyl (C=O) groups is 2. The van der Waals surface area contributed by atoms with Gasteiger partial charge in [0.1, 0.15) is 17.3 Å². The van der Waals surface area contributed by atoms with E-state index in [1.54, 1.807) is 42.1 Å². The molecule has 1 unspecified atom stereocenters. The summed E-state index contributed by atoms with van der Waals surface area (Å²) in [5.74, 6) is -0.653. The third-order valence-corrected chi connectivity index (χ3v) is 6.08. The lowest BCUT2D eigenvalue weighted by Crippen LogP contribution is -2.31. The van der Waals surface area contributed by atoms with Crippen molar-refractivity contribution in [2.45, 2.75) is 45.5 Å². The minimum atomic E-state index is -0.445. The highest BCUT2D eigenvalue weighted by atomic mass is 35.5. The first-order chi connectivity index (χ1) is 16.4. The van der Waals surface area contributed by atoms with Crippen LogP contribution in [0.3, 0.4) is 0 Å². The number of carbonyl (C=O) groups excluding carboxylic acids is 2. The summed E-state index contributed by atoms with van der Waals surface area (Å²) in [7, 11) is 0. The first kappa shape index (κ1) is 23.8. The minimum absolute atomic E-state index is 0.210. The second-order valence-corrected chi connectivity index (χ2v) is 8.40. The number of benzene rings is 1. The van der Waals surface area contributed by atoms with Gasteiger partial charge in [-0.05, 0) is 43.2 Å². The molecule has 0 spiro atoms. The third-order valence-electron chi connectivity index (χ3n) is 5.76. The third kappa shape index (κ3) is 4.95. The Morgan fingerprint density at radius 2 is 1.97 bits per heavy atom. The largest absolute Gasteiger partial charge is 0.373 e. The molecule has 3 aromatic rings. The Hall–Kier alpha value is -3.30. The molecule has 0 fully saturated rings. The molecule has 2 amide bonds. The maximum Gasteiger partial charge on any atom is 0.268 e. The number of aromatic nitrogens is 3. The van der Waals surface area contributed by atoms with Gasteiger partial charge in [0.25, 0.3) is 11.8 Å². The van der Waals surface area contributed by atoms with Gasteiger partial charge in [0.15, 0.2) is 0 Å². The molecule has 2 atom stereocenters. The fourth-order valence-corrected chi connectivity index (χ4v) is 4.30. The summed E-state index contributed by atoms with van der Waals surface area (Å²) in [6.45, 7) is 4.78. The molecule has 2 aromatic heterocycles. The molecule has 0 radical (unpaired) electrons. The number of hydrogen-bond donors (Lipinski definition) is 2. The van der Waals surface area contributed by atoms with Gasteiger partial charge in [-0.1, -0.05) is 24.6 Å². The molecule has 2 N–H and O–H groups in total. The Morgan fingerprint density at radius 1 is 1.21 bits per heavy atom. The smallest absolute Gasteiger partial charge is 0.268 e. The Bertz CT molecular complexity index is 1200. The highest BCUT2D eigenvalue weighted by molar-refractivity contribution is 6.31. The summed E-state index contributed by atoms with van der Waals surface area (Å²) in [5, 5.41) is 6.10. The van der Waals surface area contributed by atoms with Crippen LogP contribution in [0.15, 0.2) is 42.7 Å². The molecule has 0 saturated carbocycles. The number of nitrogens with one attached hydrogen (secondary N) is 2. The van der Waals surface area contributed by atoms with Crippen LogP contribution in [0, 0.1) is 5.82 Å². The van der Waals surface area contributed by atoms with E-state index in [9.17, 15) is 14.0 Å². The molecule has 0 aliphatic carbocycles. The second-order valence-electron chi connectivity index (χ2n) is 8.00. The first-order valence-electron chi connectivity index (χ1n) is 11.0. The zero-order valence-corrected chi connectivity index (χ0v) is 19.6. The Labute approximate surface area is 201 Å². The molecular weight excluding hydrogens is 461 g/mol. The maximum atomic E-state index is 13.5. The summed E-state index contributed by atoms with van der Waals surface area (Å²) in [6.07, 6.45) is 3.77. The second kappa shape index (κ2) is 10.3. The molecule has 8 nitrogen and oxygen atoms in total. The van der Waals surface area contributed by atoms with E-state index < -0.39 is 17.9 Å². The maximum absolute atomic E-state index is 13.5. The molecule has 34 heavy (non-hydrogen) atoms. The highest BCUT2D eigenvalue weighted by Crippen LogP contribution is 2.28. The predicted molar refractivity (Wildman–Crippen MR) is 124 cm³/mol. The summed E-state index contributed by atoms with van der Waals surface area (Å²) < 4.78 is 20.8. The molecule has 4 rings (SSSR count). The van der Waals surface area contributed by atoms with E-state index in [-0.39, 0.29) is 23.4 Å². The Morgan fingerprint density at radius 3 is 2.68 bits per heavy atom. The highest BCUT2D eigenvalue weighted by Gasteiger charge is 2.28. The van der Waals surface area contributed by atoms with Crippen LogP contribution in [-0.2, 0) is 17.9 Å². The van der Waals surface area contributed by atoms with E-state index >= 15 is 0 Å². The van der Waals surface area contributed by atoms with Crippen molar-refractivity contribution in [2.24, 2.45) is 0 Å². The van der Waals surface area contributed by atoms with Gasteiger partial charge >= 0.3 is 0 Å². The lowest BCUT2D eigenvalue weighted by atomic mass is 10.0. The van der Waals surface area contributed by atoms with E-state index in [0.717, 1.165) is 0 Å². The van der Waals surface area contributed by atoms with Crippen molar-refractivity contribution in [1.82, 2.24) is 25.2 Å². The number of fused-ring (bicyclic) bond motifs is 1. The van der Waals surface area contributed by atoms with Crippen molar-refractivity contribution >= 4 is 23.4 Å². The molecule has 0 saturated heterocycles. The number of hydrogen-bond acceptors (Lipinski definition) is 5. The van der Waals surface area contributed by atoms with Crippen LogP contribution >= 0.6 is 11.6 Å². The molecule has 0 bridgehead atoms. The van der Waals surface area contributed by atoms with Gasteiger partial charge in [0, 0.05) is 24.0 Å². The van der Waals surface area contributed by atoms with Crippen LogP contribution in [0.2, 0.25) is 5.02 Å². The van der Waals surface area contributed by atoms with Crippen LogP contribution in [0.1, 0.15) is 70.3 Å². The van der Waals surface area contributed by atoms with Crippen molar-refractivity contribution in [2.75, 3.05) is 6.61 Å². The van der Waals surface area contributed by atoms with Gasteiger partial charge in [-0.15, -0.1) is 0 Å². The van der Waals surface area contributed by atoms with E-state index in [1.165, 1.54) is 12.1 Å². The zero-order chi connectivity index (χ0) is 24.2. The lowest BCUT2D eigenvalue weighted by molar-refractivity contribution is 0.0774. The fraction of sp³-hybridized carbons (Fsp3) is 0.333. The first-order valence-corrected chi connectivity index (χ1v) is 11.4. The number of nitrogens with zero attached hydrogens (tertiary/aromatic N) is 3. The standard InChI is InChI=1S/C24H25ClFN5O3/c1-3-19(16-6-5-15(26)11-18(16)25)30-23(32)17-12-20(31-9-10-34-13-21(17)31)24(33)29-14(2)22-27-7-4-8-28-22/h4-8,11-12,14,19H,3,9-10,13H2,1-2H3,(H,29,33)(H,30,32)/t14?,19-/m1/s1. The van der Waals surface area contributed by atoms with Crippen molar-refractivity contribution < 1.29 is 18.7 Å². The van der Waals surface area contributed by atoms with E-state index in [1.807, 2.05) is 6.92 Å². The molecular formula is C24H25ClFN5O3. The van der Waals surface area contributed by atoms with Gasteiger partial charge in [-0.25, -0.2) is 14.4 Å². The summed E-state index contributed by atoms with van der Waals surface area (Å²) in [5.41, 5.74) is 1.96. The topological polar surface area (TPSA) is 98.1 Å². The van der Waals surface area contributed by atoms with Gasteiger partial charge in [0.05, 0.1) is 36.6 Å². The Balaban J connectivity index is 1.58. The van der Waals surface area contributed by atoms with Crippen LogP contribution in [-0.4, -0.2) is 33.0 Å². The predicted octanol–water partition coefficient (Wildman–Crippen LogP) is 3.97. The number of ether oxygens (including phenoxy) is 1. The summed E-state index contributed by atoms with van der Waals surface area (Å²) in [4.78, 5) is 34.7. The summed E-state index contributed by atoms with van der Waals surface area (Å²) >= 11 is 6.21. The van der Waals surface area contributed by atoms with Gasteiger partial charge in [0.2, 0.25) is 0 Å². The number of halogens is 2. The van der Waals surface area contributed by atoms with Gasteiger partial charge in [-0.2, -0.15) is 0 Å². The fourth-order valence-electron chi connectivity index (χ4n) is 4.00. The van der Waals surface area contributed by atoms with Crippen LogP contribution in [0.4, 0.5) is 4.39 Å². The van der Waals surface area contributed by atoms with Crippen molar-refractivity contribution in [3.63, 3.8) is 0 Å². The molecule has 1 aromatic carbocycles. The van der Waals surface area contributed by atoms with E-state index in [4.69, 9.17) is 16.3 Å². The SMILES string of the molecule is CC[C@@H](NC(=O)c1cc(C(=O)NC(C)c2ncccn2)n2c1COCC2)c1ccc(F)cc1Cl. The van der Waals surface area contributed by atoms with Crippen LogP contribution in [0.25, 0.3) is 0 Å². The summed E-state index contributed by atoms with van der Waals surface area (Å²) in [6, 6.07) is 6.54. The minimum Gasteiger partial charge on any atom is -0.373 e. The molecule has 1 aliphatic heterocycles. The molecule has 10 heteroatoms. The lowest BCUT2D eigenvalue weighted by Gasteiger charge is -2.21. The van der Waals surface area contributed by atoms with Gasteiger partial charge < -0.3 is 19.9 Å². The average Bonchev–Trinajstić information content (AvgIpc) is 3.23. The monoisotopic (exact) mass is 485 g/mol. The number of amides is 2. The zero-order valence-electron chi connectivity index (χ0n) is 18.8. The van der Waals surface area contributed by atoms with E-state index in [2.05, 4.69) is 20.6 Å². The number of rotatable bonds is 7. The van der Waals surface area contributed by atoms with Crippen LogP contribution in [0.5, 0.6) is 0 Å². The van der Waals surface area contributed by atoms with Crippen LogP contribution < -0.4 is 10.6 Å². The van der Waals surface area contributed by atoms with Gasteiger partial charge in [-0.3, -0.25) is 9.59 Å². The molecule has 1 aliphatic rings.